The zero-order chi connectivity index (χ0) is 12.4. The largest absolute Gasteiger partial charge is 0.368 e. The number of halogens is 1. The SMILES string of the molecule is NC(=O)C(N)Cc1ccc2c(cnn2SI)c1. The van der Waals surface area contributed by atoms with Gasteiger partial charge in [0.25, 0.3) is 0 Å². The quantitative estimate of drug-likeness (QED) is 0.802. The average Bonchev–Trinajstić information content (AvgIpc) is 2.71. The van der Waals surface area contributed by atoms with Crippen LogP contribution in [0.25, 0.3) is 10.9 Å². The Kier molecular flexibility index (Phi) is 3.89. The monoisotopic (exact) mass is 362 g/mol. The summed E-state index contributed by atoms with van der Waals surface area (Å²) in [6, 6.07) is 5.25. The Labute approximate surface area is 115 Å². The summed E-state index contributed by atoms with van der Waals surface area (Å²) in [5.74, 6) is -0.483. The molecule has 0 aliphatic carbocycles. The summed E-state index contributed by atoms with van der Waals surface area (Å²) in [4.78, 5) is 10.9. The summed E-state index contributed by atoms with van der Waals surface area (Å²) >= 11 is 2.17. The highest BCUT2D eigenvalue weighted by Crippen LogP contribution is 2.23. The van der Waals surface area contributed by atoms with Crippen LogP contribution in [0.3, 0.4) is 0 Å². The van der Waals surface area contributed by atoms with E-state index in [4.69, 9.17) is 11.5 Å². The number of aromatic nitrogens is 2. The Morgan fingerprint density at radius 3 is 3.00 bits per heavy atom. The van der Waals surface area contributed by atoms with Crippen LogP contribution in [0.5, 0.6) is 0 Å². The molecule has 2 rings (SSSR count). The molecule has 0 aliphatic heterocycles. The van der Waals surface area contributed by atoms with Crippen LogP contribution in [0.1, 0.15) is 5.56 Å². The van der Waals surface area contributed by atoms with Crippen molar-refractivity contribution in [2.45, 2.75) is 12.5 Å². The van der Waals surface area contributed by atoms with Gasteiger partial charge in [-0.3, -0.25) is 4.79 Å². The summed E-state index contributed by atoms with van der Waals surface area (Å²) in [6.45, 7) is 0. The van der Waals surface area contributed by atoms with Crippen LogP contribution in [-0.4, -0.2) is 21.1 Å². The molecule has 5 nitrogen and oxygen atoms in total. The Hall–Kier alpha value is -0.800. The molecule has 0 spiro atoms. The van der Waals surface area contributed by atoms with Crippen molar-refractivity contribution < 1.29 is 4.79 Å². The Morgan fingerprint density at radius 1 is 1.59 bits per heavy atom. The van der Waals surface area contributed by atoms with Gasteiger partial charge in [0, 0.05) is 35.7 Å². The molecule has 0 fully saturated rings. The lowest BCUT2D eigenvalue weighted by Crippen LogP contribution is -2.38. The minimum atomic E-state index is -0.638. The standard InChI is InChI=1S/C10H11IN4OS/c11-17-15-9-2-1-6(3-7(9)5-14-15)4-8(12)10(13)16/h1-3,5,8H,4,12H2,(H2,13,16). The van der Waals surface area contributed by atoms with E-state index in [1.807, 2.05) is 22.3 Å². The van der Waals surface area contributed by atoms with Crippen LogP contribution < -0.4 is 11.5 Å². The van der Waals surface area contributed by atoms with E-state index in [2.05, 4.69) is 26.3 Å². The topological polar surface area (TPSA) is 86.9 Å². The summed E-state index contributed by atoms with van der Waals surface area (Å²) in [6.07, 6.45) is 2.24. The van der Waals surface area contributed by atoms with Crippen molar-refractivity contribution in [2.75, 3.05) is 0 Å². The molecular weight excluding hydrogens is 351 g/mol. The second-order valence-corrected chi connectivity index (χ2v) is 5.36. The van der Waals surface area contributed by atoms with Crippen molar-refractivity contribution in [1.82, 2.24) is 9.19 Å². The molecule has 4 N–H and O–H groups in total. The number of carbonyl (C=O) groups is 1. The molecule has 2 aromatic rings. The molecule has 1 atom stereocenters. The molecule has 1 unspecified atom stereocenters. The van der Waals surface area contributed by atoms with Gasteiger partial charge >= 0.3 is 0 Å². The van der Waals surface area contributed by atoms with Crippen LogP contribution in [0.15, 0.2) is 24.4 Å². The average molecular weight is 362 g/mol. The molecule has 1 amide bonds. The van der Waals surface area contributed by atoms with Gasteiger partial charge in [0.15, 0.2) is 0 Å². The normalized spacial score (nSPS) is 12.8. The Bertz CT molecular complexity index is 556. The molecule has 1 heterocycles. The lowest BCUT2D eigenvalue weighted by Gasteiger charge is -2.07. The van der Waals surface area contributed by atoms with E-state index in [0.717, 1.165) is 16.5 Å². The van der Waals surface area contributed by atoms with Gasteiger partial charge in [-0.05, 0) is 24.1 Å². The predicted octanol–water partition coefficient (Wildman–Crippen LogP) is 1.24. The second kappa shape index (κ2) is 5.23. The number of amides is 1. The van der Waals surface area contributed by atoms with Crippen LogP contribution in [0, 0.1) is 0 Å². The van der Waals surface area contributed by atoms with Crippen molar-refractivity contribution in [2.24, 2.45) is 11.5 Å². The van der Waals surface area contributed by atoms with E-state index in [1.54, 1.807) is 6.20 Å². The molecule has 7 heteroatoms. The fraction of sp³-hybridized carbons (Fsp3) is 0.200. The van der Waals surface area contributed by atoms with Crippen LogP contribution in [-0.2, 0) is 11.2 Å². The summed E-state index contributed by atoms with van der Waals surface area (Å²) in [5, 5.41) is 5.25. The highest BCUT2D eigenvalue weighted by Gasteiger charge is 2.11. The van der Waals surface area contributed by atoms with Crippen molar-refractivity contribution in [3.05, 3.63) is 30.0 Å². The lowest BCUT2D eigenvalue weighted by atomic mass is 10.0. The maximum absolute atomic E-state index is 10.9. The number of carbonyl (C=O) groups excluding carboxylic acids is 1. The van der Waals surface area contributed by atoms with Gasteiger partial charge in [0.2, 0.25) is 5.91 Å². The molecule has 0 radical (unpaired) electrons. The van der Waals surface area contributed by atoms with Gasteiger partial charge in [-0.25, -0.2) is 0 Å². The number of fused-ring (bicyclic) bond motifs is 1. The number of benzene rings is 1. The maximum atomic E-state index is 10.9. The zero-order valence-corrected chi connectivity index (χ0v) is 11.8. The third kappa shape index (κ3) is 2.72. The first-order chi connectivity index (χ1) is 8.11. The number of rotatable bonds is 4. The zero-order valence-electron chi connectivity index (χ0n) is 8.84. The van der Waals surface area contributed by atoms with E-state index in [1.165, 1.54) is 9.12 Å². The van der Waals surface area contributed by atoms with Crippen molar-refractivity contribution in [3.8, 4) is 0 Å². The van der Waals surface area contributed by atoms with Crippen LogP contribution in [0.4, 0.5) is 0 Å². The molecule has 90 valence electrons. The summed E-state index contributed by atoms with van der Waals surface area (Å²) < 4.78 is 1.83. The highest BCUT2D eigenvalue weighted by molar-refractivity contribution is 14.2. The van der Waals surface area contributed by atoms with Gasteiger partial charge in [-0.2, -0.15) is 9.19 Å². The number of nitrogens with zero attached hydrogens (tertiary/aromatic N) is 2. The molecule has 17 heavy (non-hydrogen) atoms. The second-order valence-electron chi connectivity index (χ2n) is 3.69. The van der Waals surface area contributed by atoms with Crippen molar-refractivity contribution >= 4 is 47.1 Å². The first-order valence-corrected chi connectivity index (χ1v) is 8.24. The minimum absolute atomic E-state index is 0.452. The molecule has 0 aliphatic rings. The number of hydrogen-bond donors (Lipinski definition) is 2. The van der Waals surface area contributed by atoms with E-state index in [9.17, 15) is 4.79 Å². The third-order valence-corrected chi connectivity index (χ3v) is 4.03. The van der Waals surface area contributed by atoms with Gasteiger partial charge in [0.05, 0.1) is 17.8 Å². The summed E-state index contributed by atoms with van der Waals surface area (Å²) in [7, 11) is 1.51. The van der Waals surface area contributed by atoms with Gasteiger partial charge in [0.1, 0.15) is 0 Å². The maximum Gasteiger partial charge on any atom is 0.234 e. The van der Waals surface area contributed by atoms with Gasteiger partial charge < -0.3 is 11.5 Å². The van der Waals surface area contributed by atoms with Gasteiger partial charge in [-0.1, -0.05) is 6.07 Å². The number of hydrogen-bond acceptors (Lipinski definition) is 4. The fourth-order valence-electron chi connectivity index (χ4n) is 1.59. The minimum Gasteiger partial charge on any atom is -0.368 e. The molecule has 0 saturated heterocycles. The van der Waals surface area contributed by atoms with Crippen molar-refractivity contribution in [3.63, 3.8) is 0 Å². The fourth-order valence-corrected chi connectivity index (χ4v) is 2.86. The van der Waals surface area contributed by atoms with Crippen molar-refractivity contribution in [1.29, 1.82) is 0 Å². The number of primary amides is 1. The van der Waals surface area contributed by atoms with Gasteiger partial charge in [-0.15, -0.1) is 0 Å². The molecule has 0 bridgehead atoms. The molecule has 1 aromatic heterocycles. The van der Waals surface area contributed by atoms with Crippen LogP contribution >= 0.6 is 30.3 Å². The first kappa shape index (κ1) is 12.7. The molecule has 1 aromatic carbocycles. The predicted molar refractivity (Wildman–Crippen MR) is 77.6 cm³/mol. The third-order valence-electron chi connectivity index (χ3n) is 2.49. The number of nitrogens with two attached hydrogens (primary N) is 2. The van der Waals surface area contributed by atoms with E-state index in [-0.39, 0.29) is 0 Å². The molecule has 0 saturated carbocycles. The van der Waals surface area contributed by atoms with E-state index >= 15 is 0 Å². The summed E-state index contributed by atoms with van der Waals surface area (Å²) in [5.41, 5.74) is 12.8. The lowest BCUT2D eigenvalue weighted by molar-refractivity contribution is -0.119. The van der Waals surface area contributed by atoms with E-state index in [0.29, 0.717) is 6.42 Å². The van der Waals surface area contributed by atoms with Crippen LogP contribution in [0.2, 0.25) is 0 Å². The Morgan fingerprint density at radius 2 is 2.35 bits per heavy atom. The van der Waals surface area contributed by atoms with E-state index < -0.39 is 11.9 Å². The first-order valence-electron chi connectivity index (χ1n) is 4.92. The molecular formula is C10H11IN4OS. The highest BCUT2D eigenvalue weighted by atomic mass is 127. The Balaban J connectivity index is 2.29. The smallest absolute Gasteiger partial charge is 0.234 e.